The minimum absolute atomic E-state index is 0.461. The molecule has 0 bridgehead atoms. The average Bonchev–Trinajstić information content (AvgIpc) is 2.89. The molecule has 2 heterocycles. The third-order valence-corrected chi connectivity index (χ3v) is 8.42. The van der Waals surface area contributed by atoms with Crippen molar-refractivity contribution in [2.45, 2.75) is 89.7 Å². The molecular formula is C19H31BO. The first-order valence-electron chi connectivity index (χ1n) is 9.70. The van der Waals surface area contributed by atoms with Crippen LogP contribution in [0.4, 0.5) is 0 Å². The summed E-state index contributed by atoms with van der Waals surface area (Å²) in [7, 11) is 0. The van der Waals surface area contributed by atoms with E-state index in [1.165, 1.54) is 57.8 Å². The van der Waals surface area contributed by atoms with Crippen LogP contribution in [-0.4, -0.2) is 12.4 Å². The van der Waals surface area contributed by atoms with Gasteiger partial charge in [0.05, 0.1) is 5.68 Å². The van der Waals surface area contributed by atoms with Crippen molar-refractivity contribution in [2.75, 3.05) is 0 Å². The highest BCUT2D eigenvalue weighted by atomic mass is 16.1. The second-order valence-corrected chi connectivity index (χ2v) is 8.79. The van der Waals surface area contributed by atoms with Gasteiger partial charge < -0.3 is 4.79 Å². The molecule has 4 fully saturated rings. The van der Waals surface area contributed by atoms with Crippen molar-refractivity contribution in [1.29, 1.82) is 0 Å². The van der Waals surface area contributed by atoms with E-state index in [1.807, 2.05) is 0 Å². The summed E-state index contributed by atoms with van der Waals surface area (Å²) in [6.45, 7) is 5.33. The van der Waals surface area contributed by atoms with Crippen LogP contribution in [0.25, 0.3) is 0 Å². The van der Waals surface area contributed by atoms with Gasteiger partial charge in [0.25, 0.3) is 0 Å². The van der Waals surface area contributed by atoms with Crippen LogP contribution in [0.5, 0.6) is 0 Å². The van der Waals surface area contributed by atoms with Crippen molar-refractivity contribution < 1.29 is 4.79 Å². The van der Waals surface area contributed by atoms with Crippen molar-refractivity contribution >= 4 is 12.4 Å². The maximum atomic E-state index is 13.0. The summed E-state index contributed by atoms with van der Waals surface area (Å²) < 4.78 is 0. The molecule has 4 rings (SSSR count). The Morgan fingerprint density at radius 3 is 2.81 bits per heavy atom. The second-order valence-electron chi connectivity index (χ2n) is 8.79. The van der Waals surface area contributed by atoms with Gasteiger partial charge in [0, 0.05) is 0 Å². The summed E-state index contributed by atoms with van der Waals surface area (Å²) in [4.78, 5) is 13.0. The molecule has 6 unspecified atom stereocenters. The Kier molecular flexibility index (Phi) is 3.50. The minimum atomic E-state index is 0.461. The van der Waals surface area contributed by atoms with Crippen LogP contribution in [0.3, 0.4) is 0 Å². The van der Waals surface area contributed by atoms with E-state index in [9.17, 15) is 4.79 Å². The van der Waals surface area contributed by atoms with E-state index in [-0.39, 0.29) is 0 Å². The molecule has 0 amide bonds. The van der Waals surface area contributed by atoms with Crippen LogP contribution in [-0.2, 0) is 4.79 Å². The van der Waals surface area contributed by atoms with Gasteiger partial charge in [-0.2, -0.15) is 0 Å². The van der Waals surface area contributed by atoms with Crippen LogP contribution in [0.15, 0.2) is 0 Å². The number of carbonyl (C=O) groups is 1. The summed E-state index contributed by atoms with van der Waals surface area (Å²) in [5.41, 5.74) is 1.23. The van der Waals surface area contributed by atoms with Crippen LogP contribution in [0.2, 0.25) is 11.6 Å². The summed E-state index contributed by atoms with van der Waals surface area (Å²) in [6.07, 6.45) is 13.4. The molecule has 0 radical (unpaired) electrons. The van der Waals surface area contributed by atoms with Gasteiger partial charge in [-0.1, -0.05) is 64.6 Å². The largest absolute Gasteiger partial charge is 0.311 e. The first-order chi connectivity index (χ1) is 10.2. The van der Waals surface area contributed by atoms with Gasteiger partial charge in [-0.3, -0.25) is 0 Å². The highest BCUT2D eigenvalue weighted by Crippen LogP contribution is 2.65. The number of hydrogen-bond acceptors (Lipinski definition) is 1. The molecule has 0 N–H and O–H groups in total. The van der Waals surface area contributed by atoms with E-state index in [4.69, 9.17) is 0 Å². The fourth-order valence-corrected chi connectivity index (χ4v) is 7.44. The van der Waals surface area contributed by atoms with Crippen LogP contribution in [0, 0.1) is 23.2 Å². The standard InChI is InChI=1S/C19H31BO/c1-3-19-11-5-4-6-14(19)12-18(21)20-16-9-7-13(2)15(16)8-10-17(19)20/h13-17H,3-12H2,1-2H3. The fourth-order valence-electron chi connectivity index (χ4n) is 7.44. The van der Waals surface area contributed by atoms with E-state index in [0.717, 1.165) is 35.8 Å². The molecule has 21 heavy (non-hydrogen) atoms. The van der Waals surface area contributed by atoms with Crippen molar-refractivity contribution in [3.63, 3.8) is 0 Å². The zero-order valence-electron chi connectivity index (χ0n) is 13.9. The van der Waals surface area contributed by atoms with Gasteiger partial charge in [0.1, 0.15) is 0 Å². The summed E-state index contributed by atoms with van der Waals surface area (Å²) >= 11 is 0. The van der Waals surface area contributed by atoms with Crippen molar-refractivity contribution in [3.8, 4) is 0 Å². The van der Waals surface area contributed by atoms with E-state index in [0.29, 0.717) is 17.8 Å². The average molecular weight is 286 g/mol. The lowest BCUT2D eigenvalue weighted by molar-refractivity contribution is -0.117. The molecule has 2 aliphatic carbocycles. The monoisotopic (exact) mass is 286 g/mol. The highest BCUT2D eigenvalue weighted by Gasteiger charge is 2.60. The predicted octanol–water partition coefficient (Wildman–Crippen LogP) is 5.16. The molecule has 1 nitrogen and oxygen atoms in total. The van der Waals surface area contributed by atoms with Gasteiger partial charge >= 0.3 is 0 Å². The first-order valence-corrected chi connectivity index (χ1v) is 9.70. The number of hydrogen-bond donors (Lipinski definition) is 0. The lowest BCUT2D eigenvalue weighted by atomic mass is 9.19. The Labute approximate surface area is 130 Å². The lowest BCUT2D eigenvalue weighted by Gasteiger charge is -2.57. The van der Waals surface area contributed by atoms with Gasteiger partial charge in [-0.05, 0) is 48.2 Å². The summed E-state index contributed by atoms with van der Waals surface area (Å²) in [5, 5.41) is 0. The predicted molar refractivity (Wildman–Crippen MR) is 88.7 cm³/mol. The van der Waals surface area contributed by atoms with Crippen molar-refractivity contribution in [3.05, 3.63) is 0 Å². The van der Waals surface area contributed by atoms with Crippen LogP contribution < -0.4 is 0 Å². The zero-order chi connectivity index (χ0) is 14.6. The molecule has 116 valence electrons. The molecule has 0 aromatic carbocycles. The summed E-state index contributed by atoms with van der Waals surface area (Å²) in [5.74, 6) is 4.01. The lowest BCUT2D eigenvalue weighted by Crippen LogP contribution is -2.56. The molecule has 6 atom stereocenters. The number of fused-ring (bicyclic) bond motifs is 5. The Hall–Kier alpha value is -0.265. The molecule has 0 spiro atoms. The third kappa shape index (κ3) is 1.93. The van der Waals surface area contributed by atoms with Gasteiger partial charge in [-0.25, -0.2) is 0 Å². The quantitative estimate of drug-likeness (QED) is 0.608. The van der Waals surface area contributed by atoms with E-state index in [1.54, 1.807) is 0 Å². The molecule has 2 heteroatoms. The Balaban J connectivity index is 1.69. The van der Waals surface area contributed by atoms with Gasteiger partial charge in [-0.15, -0.1) is 0 Å². The van der Waals surface area contributed by atoms with Crippen LogP contribution in [0.1, 0.15) is 78.1 Å². The Morgan fingerprint density at radius 2 is 2.00 bits per heavy atom. The van der Waals surface area contributed by atoms with Crippen molar-refractivity contribution in [1.82, 2.24) is 0 Å². The van der Waals surface area contributed by atoms with Crippen molar-refractivity contribution in [2.24, 2.45) is 23.2 Å². The van der Waals surface area contributed by atoms with Gasteiger partial charge in [0.2, 0.25) is 6.71 Å². The Bertz CT molecular complexity index is 433. The smallest absolute Gasteiger partial charge is 0.230 e. The topological polar surface area (TPSA) is 17.1 Å². The minimum Gasteiger partial charge on any atom is -0.311 e. The normalized spacial score (nSPS) is 49.5. The molecular weight excluding hydrogens is 255 g/mol. The zero-order valence-corrected chi connectivity index (χ0v) is 13.9. The Morgan fingerprint density at radius 1 is 1.14 bits per heavy atom. The SMILES string of the molecule is CCC12CCCCC1CC(=O)B1C3CCC(C)C3CCC12. The van der Waals surface area contributed by atoms with E-state index >= 15 is 0 Å². The number of rotatable bonds is 1. The highest BCUT2D eigenvalue weighted by molar-refractivity contribution is 6.92. The number of carbonyl (C=O) groups excluding carboxylic acids is 1. The summed E-state index contributed by atoms with van der Waals surface area (Å²) in [6, 6.07) is 0. The van der Waals surface area contributed by atoms with Gasteiger partial charge in [0.15, 0.2) is 0 Å². The molecule has 4 aliphatic rings. The van der Waals surface area contributed by atoms with E-state index < -0.39 is 0 Å². The molecule has 2 saturated heterocycles. The first kappa shape index (κ1) is 14.3. The molecule has 0 aromatic rings. The maximum absolute atomic E-state index is 13.0. The third-order valence-electron chi connectivity index (χ3n) is 8.42. The van der Waals surface area contributed by atoms with Crippen LogP contribution >= 0.6 is 0 Å². The maximum Gasteiger partial charge on any atom is 0.230 e. The fraction of sp³-hybridized carbons (Fsp3) is 0.947. The second kappa shape index (κ2) is 5.13. The molecule has 2 saturated carbocycles. The molecule has 0 aromatic heterocycles. The van der Waals surface area contributed by atoms with E-state index in [2.05, 4.69) is 13.8 Å². The molecule has 2 aliphatic heterocycles.